The number of hydrogen-bond acceptors (Lipinski definition) is 5. The zero-order valence-corrected chi connectivity index (χ0v) is 20.2. The summed E-state index contributed by atoms with van der Waals surface area (Å²) in [6.45, 7) is 1.85. The van der Waals surface area contributed by atoms with Gasteiger partial charge >= 0.3 is 10.3 Å². The molecule has 11 heteroatoms. The fourth-order valence-electron chi connectivity index (χ4n) is 3.41. The molecule has 0 fully saturated rings. The van der Waals surface area contributed by atoms with Crippen LogP contribution in [-0.2, 0) is 31.5 Å². The molecular formula is C23H25N3O6S2. The first-order valence-corrected chi connectivity index (χ1v) is 13.1. The molecule has 3 N–H and O–H groups in total. The van der Waals surface area contributed by atoms with Gasteiger partial charge in [0.25, 0.3) is 10.0 Å². The Morgan fingerprint density at radius 3 is 2.03 bits per heavy atom. The van der Waals surface area contributed by atoms with E-state index < -0.39 is 32.3 Å². The van der Waals surface area contributed by atoms with Crippen molar-refractivity contribution in [3.05, 3.63) is 90.0 Å². The van der Waals surface area contributed by atoms with Crippen molar-refractivity contribution in [1.29, 1.82) is 0 Å². The predicted molar refractivity (Wildman–Crippen MR) is 130 cm³/mol. The topological polar surface area (TPSA) is 133 Å². The minimum absolute atomic E-state index is 0.00577. The van der Waals surface area contributed by atoms with Crippen LogP contribution in [0.25, 0.3) is 0 Å². The maximum atomic E-state index is 13.7. The molecule has 3 rings (SSSR count). The summed E-state index contributed by atoms with van der Waals surface area (Å²) in [4.78, 5) is 13.0. The van der Waals surface area contributed by atoms with Gasteiger partial charge in [0, 0.05) is 13.5 Å². The summed E-state index contributed by atoms with van der Waals surface area (Å²) in [6, 6.07) is 19.5. The Morgan fingerprint density at radius 2 is 1.50 bits per heavy atom. The Balaban J connectivity index is 2.06. The number of likely N-dealkylation sites (N-methyl/N-ethyl adjacent to an activating group) is 1. The van der Waals surface area contributed by atoms with Crippen LogP contribution in [0.2, 0.25) is 0 Å². The van der Waals surface area contributed by atoms with Crippen molar-refractivity contribution in [2.75, 3.05) is 16.1 Å². The zero-order valence-electron chi connectivity index (χ0n) is 18.5. The van der Waals surface area contributed by atoms with E-state index in [1.165, 1.54) is 31.3 Å². The number of benzene rings is 3. The van der Waals surface area contributed by atoms with Crippen molar-refractivity contribution < 1.29 is 26.2 Å². The van der Waals surface area contributed by atoms with Crippen LogP contribution in [0.5, 0.6) is 0 Å². The van der Waals surface area contributed by atoms with Crippen LogP contribution in [0.1, 0.15) is 11.1 Å². The van der Waals surface area contributed by atoms with E-state index in [4.69, 9.17) is 4.55 Å². The van der Waals surface area contributed by atoms with Crippen LogP contribution in [0.3, 0.4) is 0 Å². The molecule has 0 aromatic heterocycles. The molecule has 0 spiro atoms. The lowest BCUT2D eigenvalue weighted by atomic mass is 10.0. The van der Waals surface area contributed by atoms with Gasteiger partial charge in [0.1, 0.15) is 6.04 Å². The molecule has 0 bridgehead atoms. The number of carbonyl (C=O) groups excluding carboxylic acids is 1. The number of carbonyl (C=O) groups is 1. The largest absolute Gasteiger partial charge is 0.357 e. The number of sulfonamides is 1. The molecule has 1 amide bonds. The quantitative estimate of drug-likeness (QED) is 0.385. The molecule has 1 atom stereocenters. The molecule has 0 aliphatic rings. The highest BCUT2D eigenvalue weighted by atomic mass is 32.2. The van der Waals surface area contributed by atoms with Gasteiger partial charge in [-0.15, -0.1) is 0 Å². The van der Waals surface area contributed by atoms with Crippen LogP contribution in [0, 0.1) is 6.92 Å². The Labute approximate surface area is 199 Å². The lowest BCUT2D eigenvalue weighted by Crippen LogP contribution is -2.50. The Hall–Kier alpha value is -3.41. The minimum Gasteiger partial charge on any atom is -0.357 e. The van der Waals surface area contributed by atoms with Crippen LogP contribution in [0.4, 0.5) is 11.4 Å². The maximum absolute atomic E-state index is 13.7. The maximum Gasteiger partial charge on any atom is 0.357 e. The first-order valence-electron chi connectivity index (χ1n) is 10.2. The van der Waals surface area contributed by atoms with Crippen molar-refractivity contribution in [2.45, 2.75) is 24.3 Å². The third kappa shape index (κ3) is 6.13. The Bertz CT molecular complexity index is 1340. The van der Waals surface area contributed by atoms with Gasteiger partial charge in [-0.3, -0.25) is 18.4 Å². The summed E-state index contributed by atoms with van der Waals surface area (Å²) < 4.78 is 61.5. The van der Waals surface area contributed by atoms with Gasteiger partial charge in [0.05, 0.1) is 16.3 Å². The van der Waals surface area contributed by atoms with Gasteiger partial charge in [-0.1, -0.05) is 48.0 Å². The van der Waals surface area contributed by atoms with Gasteiger partial charge in [-0.05, 0) is 48.9 Å². The second-order valence-electron chi connectivity index (χ2n) is 7.56. The van der Waals surface area contributed by atoms with Crippen molar-refractivity contribution in [2.24, 2.45) is 0 Å². The molecule has 0 heterocycles. The number of anilines is 2. The molecule has 0 unspecified atom stereocenters. The van der Waals surface area contributed by atoms with Gasteiger partial charge in [0.15, 0.2) is 0 Å². The van der Waals surface area contributed by atoms with Gasteiger partial charge in [0.2, 0.25) is 5.91 Å². The molecule has 0 saturated heterocycles. The summed E-state index contributed by atoms with van der Waals surface area (Å²) in [5.74, 6) is -0.514. The summed E-state index contributed by atoms with van der Waals surface area (Å²) in [5, 5.41) is 2.54. The van der Waals surface area contributed by atoms with Crippen molar-refractivity contribution in [3.63, 3.8) is 0 Å². The van der Waals surface area contributed by atoms with Gasteiger partial charge < -0.3 is 5.32 Å². The molecule has 180 valence electrons. The summed E-state index contributed by atoms with van der Waals surface area (Å²) >= 11 is 0. The highest BCUT2D eigenvalue weighted by molar-refractivity contribution is 7.93. The van der Waals surface area contributed by atoms with E-state index >= 15 is 0 Å². The second-order valence-corrected chi connectivity index (χ2v) is 10.5. The van der Waals surface area contributed by atoms with E-state index in [1.807, 2.05) is 11.6 Å². The number of rotatable bonds is 9. The van der Waals surface area contributed by atoms with Crippen LogP contribution in [-0.4, -0.2) is 40.4 Å². The third-order valence-electron chi connectivity index (χ3n) is 5.05. The highest BCUT2D eigenvalue weighted by Gasteiger charge is 2.36. The number of hydrogen-bond donors (Lipinski definition) is 3. The Morgan fingerprint density at radius 1 is 0.912 bits per heavy atom. The van der Waals surface area contributed by atoms with Gasteiger partial charge in [-0.2, -0.15) is 8.42 Å². The zero-order chi connectivity index (χ0) is 24.9. The number of nitrogens with one attached hydrogen (secondary N) is 2. The van der Waals surface area contributed by atoms with Crippen LogP contribution in [0.15, 0.2) is 83.8 Å². The lowest BCUT2D eigenvalue weighted by Gasteiger charge is -2.32. The fraction of sp³-hybridized carbons (Fsp3) is 0.174. The SMILES string of the molecule is CNC(=O)[C@H](Cc1ccc(NS(=O)(=O)O)cc1)N(c1ccccc1)S(=O)(=O)c1ccc(C)cc1. The molecule has 0 saturated carbocycles. The number of aryl methyl sites for hydroxylation is 1. The normalized spacial score (nSPS) is 12.6. The predicted octanol–water partition coefficient (Wildman–Crippen LogP) is 2.76. The second kappa shape index (κ2) is 10.2. The average Bonchev–Trinajstić information content (AvgIpc) is 2.79. The smallest absolute Gasteiger partial charge is 0.357 e. The highest BCUT2D eigenvalue weighted by Crippen LogP contribution is 2.28. The number of para-hydroxylation sites is 1. The summed E-state index contributed by atoms with van der Waals surface area (Å²) in [5.41, 5.74) is 1.91. The van der Waals surface area contributed by atoms with Crippen LogP contribution < -0.4 is 14.3 Å². The van der Waals surface area contributed by atoms with E-state index in [0.29, 0.717) is 11.3 Å². The molecule has 3 aromatic carbocycles. The van der Waals surface area contributed by atoms with Gasteiger partial charge in [-0.25, -0.2) is 8.42 Å². The van der Waals surface area contributed by atoms with Crippen molar-refractivity contribution >= 4 is 37.6 Å². The molecule has 34 heavy (non-hydrogen) atoms. The molecule has 3 aromatic rings. The molecular weight excluding hydrogens is 478 g/mol. The van der Waals surface area contributed by atoms with E-state index in [-0.39, 0.29) is 17.0 Å². The lowest BCUT2D eigenvalue weighted by molar-refractivity contribution is -0.121. The first-order chi connectivity index (χ1) is 16.0. The fourth-order valence-corrected chi connectivity index (χ4v) is 5.46. The standard InChI is InChI=1S/C23H25N3O6S2/c1-17-8-14-21(15-9-17)33(28,29)26(20-6-4-3-5-7-20)22(23(27)24-2)16-18-10-12-19(13-11-18)25-34(30,31)32/h3-15,22,25H,16H2,1-2H3,(H,24,27)(H,30,31,32)/t22-/m0/s1. The minimum atomic E-state index is -4.43. The molecule has 0 aliphatic heterocycles. The molecule has 0 radical (unpaired) electrons. The molecule has 9 nitrogen and oxygen atoms in total. The molecule has 0 aliphatic carbocycles. The van der Waals surface area contributed by atoms with E-state index in [0.717, 1.165) is 9.87 Å². The summed E-state index contributed by atoms with van der Waals surface area (Å²) in [7, 11) is -7.14. The monoisotopic (exact) mass is 503 g/mol. The Kier molecular flexibility index (Phi) is 7.60. The summed E-state index contributed by atoms with van der Waals surface area (Å²) in [6.07, 6.45) is 0.00577. The third-order valence-corrected chi connectivity index (χ3v) is 7.40. The average molecular weight is 504 g/mol. The van der Waals surface area contributed by atoms with Crippen molar-refractivity contribution in [1.82, 2.24) is 5.32 Å². The van der Waals surface area contributed by atoms with E-state index in [1.54, 1.807) is 54.6 Å². The van der Waals surface area contributed by atoms with Crippen LogP contribution >= 0.6 is 0 Å². The number of nitrogens with zero attached hydrogens (tertiary/aromatic N) is 1. The van der Waals surface area contributed by atoms with Crippen molar-refractivity contribution in [3.8, 4) is 0 Å². The first kappa shape index (κ1) is 25.2. The number of amides is 1. The van der Waals surface area contributed by atoms with E-state index in [2.05, 4.69) is 5.32 Å². The van der Waals surface area contributed by atoms with E-state index in [9.17, 15) is 21.6 Å².